The van der Waals surface area contributed by atoms with Crippen molar-refractivity contribution in [3.63, 3.8) is 0 Å². The van der Waals surface area contributed by atoms with Crippen molar-refractivity contribution in [3.8, 4) is 22.8 Å². The number of rotatable bonds is 4. The molecule has 0 bridgehead atoms. The molecule has 3 rings (SSSR count). The molecule has 0 atom stereocenters. The van der Waals surface area contributed by atoms with Gasteiger partial charge in [0.15, 0.2) is 11.5 Å². The van der Waals surface area contributed by atoms with Gasteiger partial charge >= 0.3 is 0 Å². The number of phenolic OH excluding ortho intramolecular Hbond substituents is 1. The number of nitrogens with zero attached hydrogens (tertiary/aromatic N) is 1. The van der Waals surface area contributed by atoms with Crippen molar-refractivity contribution >= 4 is 5.88 Å². The number of anilines is 1. The van der Waals surface area contributed by atoms with Crippen LogP contribution in [0.25, 0.3) is 11.3 Å². The molecular weight excluding hydrogens is 268 g/mol. The van der Waals surface area contributed by atoms with Crippen molar-refractivity contribution in [1.29, 1.82) is 0 Å². The van der Waals surface area contributed by atoms with Crippen LogP contribution in [0, 0.1) is 0 Å². The maximum absolute atomic E-state index is 10.3. The predicted octanol–water partition coefficient (Wildman–Crippen LogP) is 3.21. The summed E-state index contributed by atoms with van der Waals surface area (Å²) < 4.78 is 10.5. The average Bonchev–Trinajstić information content (AvgIpc) is 2.94. The highest BCUT2D eigenvalue weighted by Crippen LogP contribution is 2.37. The van der Waals surface area contributed by atoms with Gasteiger partial charge < -0.3 is 20.1 Å². The van der Waals surface area contributed by atoms with Gasteiger partial charge in [-0.05, 0) is 17.7 Å². The van der Waals surface area contributed by atoms with E-state index >= 15 is 0 Å². The lowest BCUT2D eigenvalue weighted by atomic mass is 10.1. The van der Waals surface area contributed by atoms with Crippen LogP contribution in [0.5, 0.6) is 11.5 Å². The molecule has 0 aliphatic rings. The van der Waals surface area contributed by atoms with Crippen LogP contribution in [0.4, 0.5) is 5.88 Å². The second-order valence-corrected chi connectivity index (χ2v) is 4.54. The summed E-state index contributed by atoms with van der Waals surface area (Å²) in [5.41, 5.74) is 7.50. The fourth-order valence-electron chi connectivity index (χ4n) is 2.00. The first-order valence-corrected chi connectivity index (χ1v) is 6.45. The van der Waals surface area contributed by atoms with Crippen LogP contribution in [0.1, 0.15) is 5.56 Å². The molecule has 1 aromatic heterocycles. The first kappa shape index (κ1) is 13.1. The summed E-state index contributed by atoms with van der Waals surface area (Å²) in [7, 11) is 0. The molecule has 0 aliphatic carbocycles. The third kappa shape index (κ3) is 2.81. The Labute approximate surface area is 121 Å². The van der Waals surface area contributed by atoms with Gasteiger partial charge in [0.25, 0.3) is 0 Å². The number of nitrogens with two attached hydrogens (primary N) is 1. The number of phenols is 1. The van der Waals surface area contributed by atoms with E-state index in [9.17, 15) is 5.11 Å². The van der Waals surface area contributed by atoms with Crippen molar-refractivity contribution < 1.29 is 14.4 Å². The zero-order valence-electron chi connectivity index (χ0n) is 11.2. The minimum atomic E-state index is 0.0155. The summed E-state index contributed by atoms with van der Waals surface area (Å²) in [5, 5.41) is 14.1. The molecular formula is C16H14N2O3. The molecule has 106 valence electrons. The van der Waals surface area contributed by atoms with Gasteiger partial charge in [-0.25, -0.2) is 0 Å². The highest BCUT2D eigenvalue weighted by molar-refractivity contribution is 5.71. The molecule has 2 aromatic carbocycles. The van der Waals surface area contributed by atoms with Gasteiger partial charge in [0.2, 0.25) is 5.88 Å². The third-order valence-electron chi connectivity index (χ3n) is 3.04. The first-order chi connectivity index (χ1) is 10.2. The van der Waals surface area contributed by atoms with E-state index in [4.69, 9.17) is 15.0 Å². The average molecular weight is 282 g/mol. The molecule has 0 saturated carbocycles. The topological polar surface area (TPSA) is 81.5 Å². The lowest BCUT2D eigenvalue weighted by Gasteiger charge is -2.10. The maximum atomic E-state index is 10.3. The number of aromatic hydroxyl groups is 1. The summed E-state index contributed by atoms with van der Waals surface area (Å²) in [4.78, 5) is 0. The number of para-hydroxylation sites is 1. The second-order valence-electron chi connectivity index (χ2n) is 4.54. The van der Waals surface area contributed by atoms with Crippen LogP contribution in [0.2, 0.25) is 0 Å². The van der Waals surface area contributed by atoms with E-state index in [-0.39, 0.29) is 11.6 Å². The molecule has 0 radical (unpaired) electrons. The Balaban J connectivity index is 1.83. The SMILES string of the molecule is Nc1cc(-c2cccc(OCc3ccccc3)c2O)no1. The van der Waals surface area contributed by atoms with Gasteiger partial charge in [-0.15, -0.1) is 0 Å². The summed E-state index contributed by atoms with van der Waals surface area (Å²) in [6, 6.07) is 16.5. The van der Waals surface area contributed by atoms with Crippen LogP contribution < -0.4 is 10.5 Å². The maximum Gasteiger partial charge on any atom is 0.222 e. The molecule has 3 N–H and O–H groups in total. The summed E-state index contributed by atoms with van der Waals surface area (Å²) in [6.45, 7) is 0.374. The van der Waals surface area contributed by atoms with Gasteiger partial charge in [0.1, 0.15) is 12.3 Å². The quantitative estimate of drug-likeness (QED) is 0.768. The Hall–Kier alpha value is -2.95. The summed E-state index contributed by atoms with van der Waals surface area (Å²) >= 11 is 0. The summed E-state index contributed by atoms with van der Waals surface area (Å²) in [5.74, 6) is 0.597. The minimum Gasteiger partial charge on any atom is -0.504 e. The van der Waals surface area contributed by atoms with E-state index < -0.39 is 0 Å². The van der Waals surface area contributed by atoms with Gasteiger partial charge in [0, 0.05) is 11.6 Å². The van der Waals surface area contributed by atoms with Crippen molar-refractivity contribution in [1.82, 2.24) is 5.16 Å². The monoisotopic (exact) mass is 282 g/mol. The van der Waals surface area contributed by atoms with E-state index in [1.807, 2.05) is 30.3 Å². The highest BCUT2D eigenvalue weighted by Gasteiger charge is 2.13. The smallest absolute Gasteiger partial charge is 0.222 e. The van der Waals surface area contributed by atoms with E-state index in [0.29, 0.717) is 23.6 Å². The fourth-order valence-corrected chi connectivity index (χ4v) is 2.00. The largest absolute Gasteiger partial charge is 0.504 e. The van der Waals surface area contributed by atoms with E-state index in [1.54, 1.807) is 24.3 Å². The lowest BCUT2D eigenvalue weighted by Crippen LogP contribution is -1.95. The van der Waals surface area contributed by atoms with Gasteiger partial charge in [-0.3, -0.25) is 0 Å². The van der Waals surface area contributed by atoms with Crippen molar-refractivity contribution in [2.75, 3.05) is 5.73 Å². The first-order valence-electron chi connectivity index (χ1n) is 6.45. The molecule has 0 fully saturated rings. The number of nitrogen functional groups attached to an aromatic ring is 1. The third-order valence-corrected chi connectivity index (χ3v) is 3.04. The Morgan fingerprint density at radius 3 is 2.62 bits per heavy atom. The van der Waals surface area contributed by atoms with E-state index in [2.05, 4.69) is 5.16 Å². The van der Waals surface area contributed by atoms with Crippen molar-refractivity contribution in [2.45, 2.75) is 6.61 Å². The number of ether oxygens (including phenoxy) is 1. The summed E-state index contributed by atoms with van der Waals surface area (Å²) in [6.07, 6.45) is 0. The zero-order valence-corrected chi connectivity index (χ0v) is 11.2. The van der Waals surface area contributed by atoms with Crippen molar-refractivity contribution in [2.24, 2.45) is 0 Å². The molecule has 0 aliphatic heterocycles. The number of hydrogen-bond acceptors (Lipinski definition) is 5. The Kier molecular flexibility index (Phi) is 3.47. The van der Waals surface area contributed by atoms with Crippen LogP contribution >= 0.6 is 0 Å². The molecule has 0 saturated heterocycles. The molecule has 1 heterocycles. The van der Waals surface area contributed by atoms with Crippen LogP contribution in [0.15, 0.2) is 59.1 Å². The number of hydrogen-bond donors (Lipinski definition) is 2. The number of benzene rings is 2. The van der Waals surface area contributed by atoms with E-state index in [0.717, 1.165) is 5.56 Å². The molecule has 21 heavy (non-hydrogen) atoms. The van der Waals surface area contributed by atoms with Crippen LogP contribution in [-0.2, 0) is 6.61 Å². The molecule has 3 aromatic rings. The van der Waals surface area contributed by atoms with Crippen LogP contribution in [-0.4, -0.2) is 10.3 Å². The van der Waals surface area contributed by atoms with Crippen LogP contribution in [0.3, 0.4) is 0 Å². The Morgan fingerprint density at radius 2 is 1.90 bits per heavy atom. The Bertz CT molecular complexity index is 738. The molecule has 0 amide bonds. The lowest BCUT2D eigenvalue weighted by molar-refractivity contribution is 0.289. The predicted molar refractivity (Wildman–Crippen MR) is 78.8 cm³/mol. The second kappa shape index (κ2) is 5.58. The number of aromatic nitrogens is 1. The van der Waals surface area contributed by atoms with Gasteiger partial charge in [-0.2, -0.15) is 0 Å². The van der Waals surface area contributed by atoms with Gasteiger partial charge in [0.05, 0.1) is 0 Å². The molecule has 0 unspecified atom stereocenters. The molecule has 0 spiro atoms. The minimum absolute atomic E-state index is 0.0155. The zero-order chi connectivity index (χ0) is 14.7. The molecule has 5 heteroatoms. The van der Waals surface area contributed by atoms with Crippen molar-refractivity contribution in [3.05, 3.63) is 60.2 Å². The molecule has 5 nitrogen and oxygen atoms in total. The van der Waals surface area contributed by atoms with E-state index in [1.165, 1.54) is 0 Å². The Morgan fingerprint density at radius 1 is 1.10 bits per heavy atom. The highest BCUT2D eigenvalue weighted by atomic mass is 16.5. The standard InChI is InChI=1S/C16H14N2O3/c17-15-9-13(18-21-15)12-7-4-8-14(16(12)19)20-10-11-5-2-1-3-6-11/h1-9,19H,10,17H2. The van der Waals surface area contributed by atoms with Gasteiger partial charge in [-0.1, -0.05) is 41.6 Å². The normalized spacial score (nSPS) is 10.5. The fraction of sp³-hybridized carbons (Fsp3) is 0.0625.